The first-order chi connectivity index (χ1) is 12.6. The van der Waals surface area contributed by atoms with E-state index in [1.807, 2.05) is 13.8 Å². The van der Waals surface area contributed by atoms with Crippen molar-refractivity contribution in [3.05, 3.63) is 46.3 Å². The van der Waals surface area contributed by atoms with E-state index in [1.54, 1.807) is 0 Å². The van der Waals surface area contributed by atoms with Crippen molar-refractivity contribution < 1.29 is 9.84 Å². The van der Waals surface area contributed by atoms with Gasteiger partial charge in [-0.05, 0) is 62.8 Å². The highest BCUT2D eigenvalue weighted by Crippen LogP contribution is 2.32. The minimum Gasteiger partial charge on any atom is -0.494 e. The summed E-state index contributed by atoms with van der Waals surface area (Å²) in [5.74, 6) is 1.26. The molecule has 2 heterocycles. The maximum atomic E-state index is 10.5. The largest absolute Gasteiger partial charge is 0.494 e. The molecule has 1 fully saturated rings. The summed E-state index contributed by atoms with van der Waals surface area (Å²) >= 11 is 0. The number of fused-ring (bicyclic) bond motifs is 1. The zero-order chi connectivity index (χ0) is 18.1. The number of hydrogen-bond donors (Lipinski definition) is 2. The summed E-state index contributed by atoms with van der Waals surface area (Å²) in [6, 6.07) is 6.66. The van der Waals surface area contributed by atoms with E-state index in [2.05, 4.69) is 33.3 Å². The molecular weight excluding hydrogens is 326 g/mol. The number of aromatic amines is 1. The number of likely N-dealkylation sites (tertiary alicyclic amines) is 1. The molecule has 0 saturated carbocycles. The second-order valence-electron chi connectivity index (χ2n) is 7.78. The topological polar surface area (TPSA) is 61.4 Å². The molecule has 0 radical (unpaired) electrons. The van der Waals surface area contributed by atoms with Crippen molar-refractivity contribution in [3.63, 3.8) is 0 Å². The van der Waals surface area contributed by atoms with E-state index in [1.165, 1.54) is 36.0 Å². The zero-order valence-electron chi connectivity index (χ0n) is 15.8. The lowest BCUT2D eigenvalue weighted by molar-refractivity contribution is 0.140. The van der Waals surface area contributed by atoms with Gasteiger partial charge in [0.25, 0.3) is 0 Å². The van der Waals surface area contributed by atoms with Crippen LogP contribution < -0.4 is 4.74 Å². The molecule has 1 saturated heterocycles. The second-order valence-corrected chi connectivity index (χ2v) is 7.78. The van der Waals surface area contributed by atoms with Gasteiger partial charge in [0.1, 0.15) is 5.75 Å². The fourth-order valence-electron chi connectivity index (χ4n) is 4.43. The Morgan fingerprint density at radius 3 is 2.77 bits per heavy atom. The number of aromatic nitrogens is 2. The first kappa shape index (κ1) is 17.6. The average Bonchev–Trinajstić information content (AvgIpc) is 3.30. The van der Waals surface area contributed by atoms with Gasteiger partial charge in [0.05, 0.1) is 18.4 Å². The quantitative estimate of drug-likeness (QED) is 0.836. The summed E-state index contributed by atoms with van der Waals surface area (Å²) in [5.41, 5.74) is 6.30. The van der Waals surface area contributed by atoms with Crippen molar-refractivity contribution in [2.75, 3.05) is 19.7 Å². The molecular formula is C21H29N3O2. The molecule has 4 rings (SSSR count). The molecule has 26 heavy (non-hydrogen) atoms. The van der Waals surface area contributed by atoms with Gasteiger partial charge in [-0.15, -0.1) is 0 Å². The number of rotatable bonds is 6. The van der Waals surface area contributed by atoms with E-state index in [-0.39, 0.29) is 12.0 Å². The summed E-state index contributed by atoms with van der Waals surface area (Å²) in [6.45, 7) is 7.20. The summed E-state index contributed by atoms with van der Waals surface area (Å²) in [7, 11) is 0. The van der Waals surface area contributed by atoms with Crippen LogP contribution in [0.5, 0.6) is 5.75 Å². The molecule has 0 unspecified atom stereocenters. The molecule has 5 heteroatoms. The molecule has 0 spiro atoms. The van der Waals surface area contributed by atoms with Crippen molar-refractivity contribution in [2.24, 2.45) is 5.92 Å². The predicted octanol–water partition coefficient (Wildman–Crippen LogP) is 2.64. The number of H-pyrrole nitrogens is 1. The highest BCUT2D eigenvalue weighted by molar-refractivity contribution is 5.45. The Labute approximate surface area is 155 Å². The van der Waals surface area contributed by atoms with Crippen LogP contribution in [0.25, 0.3) is 0 Å². The molecule has 140 valence electrons. The zero-order valence-corrected chi connectivity index (χ0v) is 15.8. The highest BCUT2D eigenvalue weighted by Gasteiger charge is 2.32. The van der Waals surface area contributed by atoms with Crippen LogP contribution in [0.15, 0.2) is 18.2 Å². The third-order valence-corrected chi connectivity index (χ3v) is 5.68. The fraction of sp³-hybridized carbons (Fsp3) is 0.571. The number of aliphatic hydroxyl groups is 1. The lowest BCUT2D eigenvalue weighted by Gasteiger charge is -2.19. The van der Waals surface area contributed by atoms with Crippen molar-refractivity contribution in [2.45, 2.75) is 52.2 Å². The van der Waals surface area contributed by atoms with Crippen molar-refractivity contribution in [1.82, 2.24) is 15.1 Å². The van der Waals surface area contributed by atoms with E-state index < -0.39 is 0 Å². The van der Waals surface area contributed by atoms with Gasteiger partial charge < -0.3 is 9.84 Å². The number of nitrogens with one attached hydrogen (secondary N) is 1. The highest BCUT2D eigenvalue weighted by atomic mass is 16.5. The van der Waals surface area contributed by atoms with Crippen molar-refractivity contribution >= 4 is 0 Å². The average molecular weight is 355 g/mol. The minimum absolute atomic E-state index is 0.239. The van der Waals surface area contributed by atoms with Crippen LogP contribution in [-0.2, 0) is 25.8 Å². The second kappa shape index (κ2) is 7.41. The van der Waals surface area contributed by atoms with E-state index >= 15 is 0 Å². The Balaban J connectivity index is 1.46. The molecule has 1 aliphatic carbocycles. The monoisotopic (exact) mass is 355 g/mol. The molecule has 2 N–H and O–H groups in total. The maximum Gasteiger partial charge on any atom is 0.124 e. The van der Waals surface area contributed by atoms with E-state index in [0.717, 1.165) is 43.2 Å². The van der Waals surface area contributed by atoms with Gasteiger partial charge in [-0.1, -0.05) is 6.07 Å². The molecule has 0 amide bonds. The molecule has 0 bridgehead atoms. The fourth-order valence-corrected chi connectivity index (χ4v) is 4.43. The Kier molecular flexibility index (Phi) is 5.00. The van der Waals surface area contributed by atoms with Crippen LogP contribution in [0, 0.1) is 12.8 Å². The van der Waals surface area contributed by atoms with Gasteiger partial charge in [-0.25, -0.2) is 0 Å². The van der Waals surface area contributed by atoms with Gasteiger partial charge in [0.2, 0.25) is 0 Å². The predicted molar refractivity (Wildman–Crippen MR) is 101 cm³/mol. The SMILES string of the molecule is CCOc1cc2c(cc1CN1C[C@@H](Cc3cc(C)[nH]n3)[C@H](O)C1)CCC2. The van der Waals surface area contributed by atoms with Crippen LogP contribution in [0.3, 0.4) is 0 Å². The molecule has 1 aromatic heterocycles. The maximum absolute atomic E-state index is 10.5. The van der Waals surface area contributed by atoms with E-state index in [9.17, 15) is 5.11 Å². The van der Waals surface area contributed by atoms with Gasteiger partial charge >= 0.3 is 0 Å². The number of hydrogen-bond acceptors (Lipinski definition) is 4. The summed E-state index contributed by atoms with van der Waals surface area (Å²) in [5, 5.41) is 17.8. The lowest BCUT2D eigenvalue weighted by atomic mass is 10.00. The molecule has 2 atom stereocenters. The summed E-state index contributed by atoms with van der Waals surface area (Å²) in [6.07, 6.45) is 4.13. The number of ether oxygens (including phenoxy) is 1. The van der Waals surface area contributed by atoms with Gasteiger partial charge in [-0.2, -0.15) is 5.10 Å². The number of β-amino-alcohol motifs (C(OH)–C–C–N with tert-alkyl or cyclic N) is 1. The number of benzene rings is 1. The van der Waals surface area contributed by atoms with E-state index in [0.29, 0.717) is 6.61 Å². The smallest absolute Gasteiger partial charge is 0.124 e. The molecule has 2 aromatic rings. The Morgan fingerprint density at radius 2 is 2.04 bits per heavy atom. The Bertz CT molecular complexity index is 771. The number of aliphatic hydroxyl groups excluding tert-OH is 1. The normalized spacial score (nSPS) is 22.7. The van der Waals surface area contributed by atoms with Crippen LogP contribution in [0.2, 0.25) is 0 Å². The number of aryl methyl sites for hydroxylation is 3. The minimum atomic E-state index is -0.294. The number of nitrogens with zero attached hydrogens (tertiary/aromatic N) is 2. The Hall–Kier alpha value is -1.85. The van der Waals surface area contributed by atoms with Gasteiger partial charge in [0, 0.05) is 36.8 Å². The molecule has 1 aromatic carbocycles. The molecule has 2 aliphatic rings. The third-order valence-electron chi connectivity index (χ3n) is 5.68. The van der Waals surface area contributed by atoms with Crippen LogP contribution in [0.4, 0.5) is 0 Å². The van der Waals surface area contributed by atoms with Gasteiger partial charge in [0.15, 0.2) is 0 Å². The van der Waals surface area contributed by atoms with Crippen molar-refractivity contribution in [1.29, 1.82) is 0 Å². The van der Waals surface area contributed by atoms with Crippen molar-refractivity contribution in [3.8, 4) is 5.75 Å². The standard InChI is InChI=1S/C21H29N3O2/c1-3-26-21-10-16-6-4-5-15(16)8-18(21)12-24-11-17(20(25)13-24)9-19-7-14(2)22-23-19/h7-8,10,17,20,25H,3-6,9,11-13H2,1-2H3,(H,22,23)/t17-,20-/m1/s1. The first-order valence-corrected chi connectivity index (χ1v) is 9.81. The van der Waals surface area contributed by atoms with E-state index in [4.69, 9.17) is 4.74 Å². The Morgan fingerprint density at radius 1 is 1.23 bits per heavy atom. The van der Waals surface area contributed by atoms with Gasteiger partial charge in [-0.3, -0.25) is 10.00 Å². The lowest BCUT2D eigenvalue weighted by Crippen LogP contribution is -2.22. The first-order valence-electron chi connectivity index (χ1n) is 9.81. The molecule has 5 nitrogen and oxygen atoms in total. The van der Waals surface area contributed by atoms with Crippen LogP contribution >= 0.6 is 0 Å². The third kappa shape index (κ3) is 3.64. The van der Waals surface area contributed by atoms with Crippen LogP contribution in [0.1, 0.15) is 41.4 Å². The summed E-state index contributed by atoms with van der Waals surface area (Å²) in [4.78, 5) is 2.36. The molecule has 1 aliphatic heterocycles. The van der Waals surface area contributed by atoms with Crippen LogP contribution in [-0.4, -0.2) is 46.0 Å². The summed E-state index contributed by atoms with van der Waals surface area (Å²) < 4.78 is 5.92.